The first-order valence-electron chi connectivity index (χ1n) is 5.46. The van der Waals surface area contributed by atoms with E-state index in [1.54, 1.807) is 0 Å². The monoisotopic (exact) mass is 235 g/mol. The third-order valence-corrected chi connectivity index (χ3v) is 2.31. The van der Waals surface area contributed by atoms with E-state index in [-0.39, 0.29) is 31.3 Å². The first kappa shape index (κ1) is 13.2. The third kappa shape index (κ3) is 4.65. The van der Waals surface area contributed by atoms with Crippen molar-refractivity contribution in [2.24, 2.45) is 11.5 Å². The zero-order valence-corrected chi connectivity index (χ0v) is 9.56. The molecule has 5 N–H and O–H groups in total. The van der Waals surface area contributed by atoms with E-state index in [4.69, 9.17) is 11.5 Å². The first-order valence-corrected chi connectivity index (χ1v) is 5.46. The molecule has 1 rings (SSSR count). The maximum absolute atomic E-state index is 11.5. The van der Waals surface area contributed by atoms with Crippen LogP contribution < -0.4 is 16.8 Å². The molecule has 0 spiro atoms. The predicted octanol–water partition coefficient (Wildman–Crippen LogP) is 0.0681. The van der Waals surface area contributed by atoms with Gasteiger partial charge in [0, 0.05) is 13.0 Å². The fraction of sp³-hybridized carbons (Fsp3) is 0.333. The van der Waals surface area contributed by atoms with Crippen LogP contribution in [0.25, 0.3) is 0 Å². The topological polar surface area (TPSA) is 98.2 Å². The lowest BCUT2D eigenvalue weighted by atomic mass is 10.0. The molecule has 0 saturated carbocycles. The molecular weight excluding hydrogens is 218 g/mol. The Morgan fingerprint density at radius 2 is 1.88 bits per heavy atom. The Hall–Kier alpha value is -1.88. The molecule has 5 heteroatoms. The first-order chi connectivity index (χ1) is 8.13. The number of carbonyl (C=O) groups excluding carboxylic acids is 2. The summed E-state index contributed by atoms with van der Waals surface area (Å²) in [4.78, 5) is 22.4. The second-order valence-corrected chi connectivity index (χ2v) is 3.74. The van der Waals surface area contributed by atoms with Gasteiger partial charge in [-0.3, -0.25) is 9.59 Å². The molecule has 0 aromatic heterocycles. The zero-order valence-electron chi connectivity index (χ0n) is 9.56. The highest BCUT2D eigenvalue weighted by Crippen LogP contribution is 2.16. The van der Waals surface area contributed by atoms with Crippen LogP contribution in [0.3, 0.4) is 0 Å². The summed E-state index contributed by atoms with van der Waals surface area (Å²) >= 11 is 0. The lowest BCUT2D eigenvalue weighted by molar-refractivity contribution is -0.122. The van der Waals surface area contributed by atoms with Crippen molar-refractivity contribution in [1.82, 2.24) is 5.32 Å². The van der Waals surface area contributed by atoms with Gasteiger partial charge < -0.3 is 16.8 Å². The Bertz CT molecular complexity index is 379. The molecule has 1 aromatic rings. The molecule has 0 aliphatic carbocycles. The molecule has 0 heterocycles. The average molecular weight is 235 g/mol. The highest BCUT2D eigenvalue weighted by Gasteiger charge is 2.16. The largest absolute Gasteiger partial charge is 0.370 e. The van der Waals surface area contributed by atoms with Gasteiger partial charge in [0.15, 0.2) is 0 Å². The van der Waals surface area contributed by atoms with Crippen LogP contribution in [-0.4, -0.2) is 18.4 Å². The summed E-state index contributed by atoms with van der Waals surface area (Å²) in [5.41, 5.74) is 11.3. The summed E-state index contributed by atoms with van der Waals surface area (Å²) in [6.45, 7) is 0.282. The van der Waals surface area contributed by atoms with Crippen molar-refractivity contribution in [3.63, 3.8) is 0 Å². The highest BCUT2D eigenvalue weighted by atomic mass is 16.2. The van der Waals surface area contributed by atoms with Crippen molar-refractivity contribution in [3.8, 4) is 0 Å². The number of nitrogens with one attached hydrogen (secondary N) is 1. The molecule has 0 aliphatic rings. The number of carbonyl (C=O) groups is 2. The van der Waals surface area contributed by atoms with Gasteiger partial charge in [0.05, 0.1) is 12.5 Å². The average Bonchev–Trinajstić information content (AvgIpc) is 2.29. The molecule has 2 amide bonds. The summed E-state index contributed by atoms with van der Waals surface area (Å²) in [5.74, 6) is -0.630. The van der Waals surface area contributed by atoms with Crippen molar-refractivity contribution < 1.29 is 9.59 Å². The number of hydrogen-bond donors (Lipinski definition) is 3. The van der Waals surface area contributed by atoms with Crippen LogP contribution in [0.15, 0.2) is 30.3 Å². The SMILES string of the molecule is NCCC(=O)NC(CC(N)=O)c1ccccc1. The van der Waals surface area contributed by atoms with E-state index in [9.17, 15) is 9.59 Å². The van der Waals surface area contributed by atoms with Crippen LogP contribution in [0.2, 0.25) is 0 Å². The van der Waals surface area contributed by atoms with Crippen LogP contribution >= 0.6 is 0 Å². The molecule has 1 atom stereocenters. The number of hydrogen-bond acceptors (Lipinski definition) is 3. The molecule has 5 nitrogen and oxygen atoms in total. The quantitative estimate of drug-likeness (QED) is 0.650. The normalized spacial score (nSPS) is 11.8. The van der Waals surface area contributed by atoms with E-state index in [1.807, 2.05) is 30.3 Å². The summed E-state index contributed by atoms with van der Waals surface area (Å²) in [6, 6.07) is 8.86. The summed E-state index contributed by atoms with van der Waals surface area (Å²) in [7, 11) is 0. The lowest BCUT2D eigenvalue weighted by Crippen LogP contribution is -2.32. The summed E-state index contributed by atoms with van der Waals surface area (Å²) in [5, 5.41) is 2.75. The fourth-order valence-corrected chi connectivity index (χ4v) is 1.54. The van der Waals surface area contributed by atoms with Gasteiger partial charge in [-0.25, -0.2) is 0 Å². The van der Waals surface area contributed by atoms with E-state index in [1.165, 1.54) is 0 Å². The number of amides is 2. The standard InChI is InChI=1S/C12H17N3O2/c13-7-6-12(17)15-10(8-11(14)16)9-4-2-1-3-5-9/h1-5,10H,6-8,13H2,(H2,14,16)(H,15,17). The van der Waals surface area contributed by atoms with Gasteiger partial charge in [0.25, 0.3) is 0 Å². The molecule has 0 saturated heterocycles. The van der Waals surface area contributed by atoms with Crippen LogP contribution in [0.1, 0.15) is 24.4 Å². The summed E-state index contributed by atoms with van der Waals surface area (Å²) in [6.07, 6.45) is 0.322. The van der Waals surface area contributed by atoms with Gasteiger partial charge in [0.2, 0.25) is 11.8 Å². The number of primary amides is 1. The second kappa shape index (κ2) is 6.65. The second-order valence-electron chi connectivity index (χ2n) is 3.74. The van der Waals surface area contributed by atoms with Gasteiger partial charge in [-0.1, -0.05) is 30.3 Å². The Balaban J connectivity index is 2.74. The van der Waals surface area contributed by atoms with E-state index in [0.29, 0.717) is 0 Å². The van der Waals surface area contributed by atoms with Crippen molar-refractivity contribution >= 4 is 11.8 Å². The van der Waals surface area contributed by atoms with Gasteiger partial charge >= 0.3 is 0 Å². The van der Waals surface area contributed by atoms with Crippen molar-refractivity contribution in [2.45, 2.75) is 18.9 Å². The van der Waals surface area contributed by atoms with Crippen LogP contribution in [0, 0.1) is 0 Å². The minimum absolute atomic E-state index is 0.0837. The minimum Gasteiger partial charge on any atom is -0.370 e. The molecule has 0 aliphatic heterocycles. The molecule has 1 aromatic carbocycles. The molecule has 1 unspecified atom stereocenters. The molecule has 92 valence electrons. The van der Waals surface area contributed by atoms with Crippen molar-refractivity contribution in [2.75, 3.05) is 6.54 Å². The van der Waals surface area contributed by atoms with Gasteiger partial charge in [-0.2, -0.15) is 0 Å². The number of rotatable bonds is 6. The minimum atomic E-state index is -0.452. The van der Waals surface area contributed by atoms with Crippen LogP contribution in [-0.2, 0) is 9.59 Å². The van der Waals surface area contributed by atoms with Crippen molar-refractivity contribution in [3.05, 3.63) is 35.9 Å². The van der Waals surface area contributed by atoms with E-state index < -0.39 is 5.91 Å². The van der Waals surface area contributed by atoms with Crippen molar-refractivity contribution in [1.29, 1.82) is 0 Å². The Morgan fingerprint density at radius 1 is 1.24 bits per heavy atom. The maximum atomic E-state index is 11.5. The molecular formula is C12H17N3O2. The molecule has 0 radical (unpaired) electrons. The fourth-order valence-electron chi connectivity index (χ4n) is 1.54. The van der Waals surface area contributed by atoms with Crippen LogP contribution in [0.5, 0.6) is 0 Å². The Kier molecular flexibility index (Phi) is 5.16. The van der Waals surface area contributed by atoms with Gasteiger partial charge in [0.1, 0.15) is 0 Å². The predicted molar refractivity (Wildman–Crippen MR) is 64.8 cm³/mol. The van der Waals surface area contributed by atoms with E-state index >= 15 is 0 Å². The van der Waals surface area contributed by atoms with Crippen LogP contribution in [0.4, 0.5) is 0 Å². The van der Waals surface area contributed by atoms with E-state index in [0.717, 1.165) is 5.56 Å². The highest BCUT2D eigenvalue weighted by molar-refractivity contribution is 5.79. The smallest absolute Gasteiger partial charge is 0.221 e. The lowest BCUT2D eigenvalue weighted by Gasteiger charge is -2.17. The summed E-state index contributed by atoms with van der Waals surface area (Å²) < 4.78 is 0. The number of nitrogens with two attached hydrogens (primary N) is 2. The third-order valence-electron chi connectivity index (χ3n) is 2.31. The van der Waals surface area contributed by atoms with E-state index in [2.05, 4.69) is 5.32 Å². The van der Waals surface area contributed by atoms with Gasteiger partial charge in [-0.15, -0.1) is 0 Å². The Labute approximate surface area is 100 Å². The maximum Gasteiger partial charge on any atom is 0.221 e. The molecule has 0 bridgehead atoms. The van der Waals surface area contributed by atoms with Gasteiger partial charge in [-0.05, 0) is 5.56 Å². The molecule has 0 fully saturated rings. The Morgan fingerprint density at radius 3 is 2.41 bits per heavy atom. The molecule has 17 heavy (non-hydrogen) atoms. The number of benzene rings is 1. The zero-order chi connectivity index (χ0) is 12.7.